The van der Waals surface area contributed by atoms with Crippen molar-refractivity contribution >= 4 is 6.03 Å². The average Bonchev–Trinajstić information content (AvgIpc) is 3.04. The number of hydrogen-bond acceptors (Lipinski definition) is 2. The predicted octanol–water partition coefficient (Wildman–Crippen LogP) is 2.61. The van der Waals surface area contributed by atoms with Crippen molar-refractivity contribution in [1.82, 2.24) is 10.2 Å². The standard InChI is InChI=1S/C15H30N2O2/c1-11(2)9-17(13-6-7-13)14(19)16-10-15(4,5)8-12(3)18/h11-13,18H,6-10H2,1-5H3,(H,16,19). The molecule has 112 valence electrons. The van der Waals surface area contributed by atoms with Crippen molar-refractivity contribution in [2.75, 3.05) is 13.1 Å². The Labute approximate surface area is 117 Å². The highest BCUT2D eigenvalue weighted by Gasteiger charge is 2.33. The number of hydrogen-bond donors (Lipinski definition) is 2. The van der Waals surface area contributed by atoms with E-state index in [9.17, 15) is 9.90 Å². The van der Waals surface area contributed by atoms with Crippen LogP contribution in [0.4, 0.5) is 4.79 Å². The van der Waals surface area contributed by atoms with Crippen LogP contribution in [0.3, 0.4) is 0 Å². The lowest BCUT2D eigenvalue weighted by atomic mass is 9.87. The van der Waals surface area contributed by atoms with Crippen LogP contribution in [0, 0.1) is 11.3 Å². The molecule has 1 aliphatic carbocycles. The van der Waals surface area contributed by atoms with Crippen LogP contribution in [-0.2, 0) is 0 Å². The molecule has 0 bridgehead atoms. The summed E-state index contributed by atoms with van der Waals surface area (Å²) < 4.78 is 0. The van der Waals surface area contributed by atoms with E-state index in [2.05, 4.69) is 33.0 Å². The molecule has 0 radical (unpaired) electrons. The maximum Gasteiger partial charge on any atom is 0.317 e. The van der Waals surface area contributed by atoms with E-state index < -0.39 is 0 Å². The fourth-order valence-corrected chi connectivity index (χ4v) is 2.47. The minimum atomic E-state index is -0.331. The lowest BCUT2D eigenvalue weighted by Crippen LogP contribution is -2.46. The molecule has 4 nitrogen and oxygen atoms in total. The molecule has 0 heterocycles. The number of amides is 2. The van der Waals surface area contributed by atoms with Crippen LogP contribution in [0.5, 0.6) is 0 Å². The van der Waals surface area contributed by atoms with Crippen molar-refractivity contribution in [2.24, 2.45) is 11.3 Å². The van der Waals surface area contributed by atoms with E-state index >= 15 is 0 Å². The Bertz CT molecular complexity index is 297. The maximum absolute atomic E-state index is 12.2. The summed E-state index contributed by atoms with van der Waals surface area (Å²) in [5.41, 5.74) is -0.0725. The molecule has 1 atom stereocenters. The first-order chi connectivity index (χ1) is 8.71. The van der Waals surface area contributed by atoms with Gasteiger partial charge in [0.25, 0.3) is 0 Å². The van der Waals surface area contributed by atoms with Crippen molar-refractivity contribution in [3.8, 4) is 0 Å². The highest BCUT2D eigenvalue weighted by atomic mass is 16.3. The summed E-state index contributed by atoms with van der Waals surface area (Å²) in [6.07, 6.45) is 2.64. The largest absolute Gasteiger partial charge is 0.393 e. The van der Waals surface area contributed by atoms with E-state index in [1.165, 1.54) is 0 Å². The Hall–Kier alpha value is -0.770. The van der Waals surface area contributed by atoms with Crippen LogP contribution in [-0.4, -0.2) is 41.3 Å². The molecule has 1 rings (SSSR count). The molecule has 1 aliphatic rings. The second-order valence-corrected chi connectivity index (χ2v) is 7.15. The third kappa shape index (κ3) is 6.28. The smallest absolute Gasteiger partial charge is 0.317 e. The van der Waals surface area contributed by atoms with Crippen LogP contribution in [0.15, 0.2) is 0 Å². The molecule has 0 aromatic rings. The zero-order valence-electron chi connectivity index (χ0n) is 13.1. The number of nitrogens with one attached hydrogen (secondary N) is 1. The van der Waals surface area contributed by atoms with Crippen molar-refractivity contribution in [2.45, 2.75) is 66.0 Å². The van der Waals surface area contributed by atoms with Crippen molar-refractivity contribution in [3.05, 3.63) is 0 Å². The fraction of sp³-hybridized carbons (Fsp3) is 0.933. The normalized spacial score (nSPS) is 17.4. The van der Waals surface area contributed by atoms with Gasteiger partial charge in [0.15, 0.2) is 0 Å². The van der Waals surface area contributed by atoms with Gasteiger partial charge in [0.05, 0.1) is 6.10 Å². The third-order valence-corrected chi connectivity index (χ3v) is 3.38. The summed E-state index contributed by atoms with van der Waals surface area (Å²) in [7, 11) is 0. The van der Waals surface area contributed by atoms with Crippen molar-refractivity contribution in [1.29, 1.82) is 0 Å². The van der Waals surface area contributed by atoms with E-state index in [1.807, 2.05) is 4.90 Å². The molecule has 1 unspecified atom stereocenters. The number of rotatable bonds is 7. The highest BCUT2D eigenvalue weighted by molar-refractivity contribution is 5.75. The summed E-state index contributed by atoms with van der Waals surface area (Å²) in [6, 6.07) is 0.497. The van der Waals surface area contributed by atoms with E-state index in [4.69, 9.17) is 0 Å². The van der Waals surface area contributed by atoms with Gasteiger partial charge < -0.3 is 15.3 Å². The quantitative estimate of drug-likeness (QED) is 0.747. The molecule has 2 N–H and O–H groups in total. The van der Waals surface area contributed by atoms with Gasteiger partial charge in [0.2, 0.25) is 0 Å². The van der Waals surface area contributed by atoms with E-state index in [0.29, 0.717) is 24.9 Å². The lowest BCUT2D eigenvalue weighted by molar-refractivity contribution is 0.125. The molecule has 0 aromatic heterocycles. The van der Waals surface area contributed by atoms with Crippen LogP contribution in [0.1, 0.15) is 53.9 Å². The third-order valence-electron chi connectivity index (χ3n) is 3.38. The van der Waals surface area contributed by atoms with Crippen LogP contribution < -0.4 is 5.32 Å². The average molecular weight is 270 g/mol. The number of carbonyl (C=O) groups is 1. The molecular formula is C15H30N2O2. The lowest BCUT2D eigenvalue weighted by Gasteiger charge is -2.30. The maximum atomic E-state index is 12.2. The fourth-order valence-electron chi connectivity index (χ4n) is 2.47. The minimum absolute atomic E-state index is 0.0508. The SMILES string of the molecule is CC(C)CN(C(=O)NCC(C)(C)CC(C)O)C1CC1. The first-order valence-electron chi connectivity index (χ1n) is 7.44. The van der Waals surface area contributed by atoms with Gasteiger partial charge in [-0.25, -0.2) is 4.79 Å². The molecule has 1 fully saturated rings. The monoisotopic (exact) mass is 270 g/mol. The summed E-state index contributed by atoms with van der Waals surface area (Å²) in [5, 5.41) is 12.5. The second-order valence-electron chi connectivity index (χ2n) is 7.15. The molecule has 0 saturated heterocycles. The van der Waals surface area contributed by atoms with Crippen LogP contribution in [0.2, 0.25) is 0 Å². The molecule has 2 amide bonds. The Kier molecular flexibility index (Phi) is 5.65. The van der Waals surface area contributed by atoms with Gasteiger partial charge in [-0.05, 0) is 37.5 Å². The van der Waals surface area contributed by atoms with Gasteiger partial charge in [0, 0.05) is 19.1 Å². The zero-order chi connectivity index (χ0) is 14.6. The second kappa shape index (κ2) is 6.60. The van der Waals surface area contributed by atoms with E-state index in [0.717, 1.165) is 19.4 Å². The summed E-state index contributed by atoms with van der Waals surface area (Å²) >= 11 is 0. The van der Waals surface area contributed by atoms with E-state index in [-0.39, 0.29) is 17.6 Å². The zero-order valence-corrected chi connectivity index (χ0v) is 13.1. The predicted molar refractivity (Wildman–Crippen MR) is 78.0 cm³/mol. The first kappa shape index (κ1) is 16.3. The number of nitrogens with zero attached hydrogens (tertiary/aromatic N) is 1. The number of urea groups is 1. The minimum Gasteiger partial charge on any atom is -0.393 e. The first-order valence-corrected chi connectivity index (χ1v) is 7.44. The van der Waals surface area contributed by atoms with Gasteiger partial charge in [-0.15, -0.1) is 0 Å². The molecule has 0 aliphatic heterocycles. The molecule has 0 spiro atoms. The van der Waals surface area contributed by atoms with Gasteiger partial charge in [-0.2, -0.15) is 0 Å². The molecular weight excluding hydrogens is 240 g/mol. The molecule has 19 heavy (non-hydrogen) atoms. The molecule has 0 aromatic carbocycles. The Balaban J connectivity index is 2.43. The van der Waals surface area contributed by atoms with Gasteiger partial charge in [0.1, 0.15) is 0 Å². The van der Waals surface area contributed by atoms with Crippen molar-refractivity contribution in [3.63, 3.8) is 0 Å². The van der Waals surface area contributed by atoms with E-state index in [1.54, 1.807) is 6.92 Å². The summed E-state index contributed by atoms with van der Waals surface area (Å²) in [5.74, 6) is 0.497. The number of carbonyl (C=O) groups excluding carboxylic acids is 1. The topological polar surface area (TPSA) is 52.6 Å². The Morgan fingerprint density at radius 3 is 2.37 bits per heavy atom. The number of aliphatic hydroxyl groups excluding tert-OH is 1. The van der Waals surface area contributed by atoms with Crippen LogP contribution in [0.25, 0.3) is 0 Å². The molecule has 1 saturated carbocycles. The summed E-state index contributed by atoms with van der Waals surface area (Å²) in [6.45, 7) is 11.7. The van der Waals surface area contributed by atoms with Crippen LogP contribution >= 0.6 is 0 Å². The summed E-state index contributed by atoms with van der Waals surface area (Å²) in [4.78, 5) is 14.2. The van der Waals surface area contributed by atoms with Gasteiger partial charge in [-0.3, -0.25) is 0 Å². The number of aliphatic hydroxyl groups is 1. The molecule has 4 heteroatoms. The Morgan fingerprint density at radius 2 is 1.95 bits per heavy atom. The highest BCUT2D eigenvalue weighted by Crippen LogP contribution is 2.28. The van der Waals surface area contributed by atoms with Crippen molar-refractivity contribution < 1.29 is 9.90 Å². The van der Waals surface area contributed by atoms with Gasteiger partial charge in [-0.1, -0.05) is 27.7 Å². The Morgan fingerprint density at radius 1 is 1.37 bits per heavy atom. The van der Waals surface area contributed by atoms with Gasteiger partial charge >= 0.3 is 6.03 Å².